The molecule has 4 atom stereocenters. The van der Waals surface area contributed by atoms with Gasteiger partial charge in [-0.1, -0.05) is 53.6 Å². The number of carbonyl (C=O) groups is 3. The summed E-state index contributed by atoms with van der Waals surface area (Å²) in [6, 6.07) is 14.4. The molecule has 12 heteroatoms. The van der Waals surface area contributed by atoms with E-state index in [9.17, 15) is 25.0 Å². The molecule has 0 unspecified atom stereocenters. The Morgan fingerprint density at radius 2 is 1.68 bits per heavy atom. The molecule has 1 amide bonds. The molecular formula is C25H30N4O8. The first-order chi connectivity index (χ1) is 17.8. The summed E-state index contributed by atoms with van der Waals surface area (Å²) in [5.74, 6) is -2.04. The Bertz CT molecular complexity index is 1060. The summed E-state index contributed by atoms with van der Waals surface area (Å²) < 4.78 is 21.1. The third kappa shape index (κ3) is 8.58. The molecule has 0 aliphatic heterocycles. The first kappa shape index (κ1) is 29.3. The number of ether oxygens (including phenoxy) is 4. The lowest BCUT2D eigenvalue weighted by atomic mass is 9.98. The maximum Gasteiger partial charge on any atom is 0.338 e. The van der Waals surface area contributed by atoms with E-state index < -0.39 is 55.4 Å². The van der Waals surface area contributed by atoms with E-state index in [4.69, 9.17) is 18.9 Å². The van der Waals surface area contributed by atoms with Crippen LogP contribution in [0.1, 0.15) is 28.9 Å². The minimum atomic E-state index is -1.49. The molecule has 0 heterocycles. The molecule has 0 saturated heterocycles. The predicted octanol–water partition coefficient (Wildman–Crippen LogP) is 2.64. The van der Waals surface area contributed by atoms with E-state index in [1.807, 2.05) is 0 Å². The van der Waals surface area contributed by atoms with Crippen LogP contribution in [0.5, 0.6) is 0 Å². The number of rotatable bonds is 14. The highest BCUT2D eigenvalue weighted by atomic mass is 16.7. The van der Waals surface area contributed by atoms with Gasteiger partial charge in [-0.2, -0.15) is 0 Å². The van der Waals surface area contributed by atoms with E-state index in [-0.39, 0.29) is 12.4 Å². The van der Waals surface area contributed by atoms with Crippen LogP contribution in [-0.4, -0.2) is 80.3 Å². The molecule has 0 saturated carbocycles. The standard InChI is InChI=1S/C25H30N4O8/c1-17(31)37-20(14-30)23(18-10-6-4-7-11-18)29(2)24(32)22(27-28-26)21(36-16-34-3)15-35-25(33)19-12-8-5-9-13-19/h4-13,20-23,30H,14-16H2,1-3H3/t20-,21+,22-,23+/m0/s1. The summed E-state index contributed by atoms with van der Waals surface area (Å²) in [7, 11) is 2.77. The van der Waals surface area contributed by atoms with Crippen molar-refractivity contribution < 1.29 is 38.4 Å². The number of hydrogen-bond donors (Lipinski definition) is 1. The second-order valence-electron chi connectivity index (χ2n) is 7.86. The fourth-order valence-corrected chi connectivity index (χ4v) is 3.64. The zero-order valence-electron chi connectivity index (χ0n) is 20.8. The highest BCUT2D eigenvalue weighted by Gasteiger charge is 2.38. The number of likely N-dealkylation sites (N-methyl/N-ethyl adjacent to an activating group) is 1. The van der Waals surface area contributed by atoms with Gasteiger partial charge in [-0.25, -0.2) is 4.79 Å². The highest BCUT2D eigenvalue weighted by Crippen LogP contribution is 2.27. The first-order valence-corrected chi connectivity index (χ1v) is 11.3. The van der Waals surface area contributed by atoms with Gasteiger partial charge in [0.2, 0.25) is 5.91 Å². The van der Waals surface area contributed by atoms with E-state index >= 15 is 0 Å². The Labute approximate surface area is 214 Å². The minimum Gasteiger partial charge on any atom is -0.459 e. The van der Waals surface area contributed by atoms with Gasteiger partial charge in [-0.3, -0.25) is 9.59 Å². The number of esters is 2. The van der Waals surface area contributed by atoms with E-state index in [1.54, 1.807) is 60.7 Å². The minimum absolute atomic E-state index is 0.281. The van der Waals surface area contributed by atoms with Crippen molar-refractivity contribution >= 4 is 17.8 Å². The van der Waals surface area contributed by atoms with Gasteiger partial charge in [0, 0.05) is 26.0 Å². The van der Waals surface area contributed by atoms with Crippen LogP contribution in [-0.2, 0) is 28.5 Å². The van der Waals surface area contributed by atoms with E-state index in [2.05, 4.69) is 10.0 Å². The normalized spacial score (nSPS) is 13.8. The average molecular weight is 515 g/mol. The number of aliphatic hydroxyl groups is 1. The summed E-state index contributed by atoms with van der Waals surface area (Å²) in [5.41, 5.74) is 10.1. The quantitative estimate of drug-likeness (QED) is 0.132. The third-order valence-corrected chi connectivity index (χ3v) is 5.32. The van der Waals surface area contributed by atoms with Gasteiger partial charge < -0.3 is 29.0 Å². The Balaban J connectivity index is 2.36. The number of nitrogens with zero attached hydrogens (tertiary/aromatic N) is 4. The molecule has 0 spiro atoms. The third-order valence-electron chi connectivity index (χ3n) is 5.32. The van der Waals surface area contributed by atoms with Gasteiger partial charge in [0.25, 0.3) is 0 Å². The zero-order valence-corrected chi connectivity index (χ0v) is 20.8. The molecule has 2 aromatic rings. The monoisotopic (exact) mass is 514 g/mol. The molecule has 0 aliphatic carbocycles. The van der Waals surface area contributed by atoms with E-state index in [0.717, 1.165) is 0 Å². The van der Waals surface area contributed by atoms with Crippen molar-refractivity contribution in [3.8, 4) is 0 Å². The second kappa shape index (κ2) is 15.2. The molecule has 12 nitrogen and oxygen atoms in total. The van der Waals surface area contributed by atoms with Crippen LogP contribution >= 0.6 is 0 Å². The van der Waals surface area contributed by atoms with Crippen LogP contribution in [0.2, 0.25) is 0 Å². The Kier molecular flexibility index (Phi) is 12.0. The number of methoxy groups -OCH3 is 1. The van der Waals surface area contributed by atoms with E-state index in [0.29, 0.717) is 5.56 Å². The molecule has 0 radical (unpaired) electrons. The lowest BCUT2D eigenvalue weighted by Gasteiger charge is -2.36. The Hall–Kier alpha value is -3.96. The number of carbonyl (C=O) groups excluding carboxylic acids is 3. The van der Waals surface area contributed by atoms with Crippen molar-refractivity contribution in [1.82, 2.24) is 4.90 Å². The van der Waals surface area contributed by atoms with Crippen molar-refractivity contribution in [1.29, 1.82) is 0 Å². The van der Waals surface area contributed by atoms with E-state index in [1.165, 1.54) is 26.0 Å². The largest absolute Gasteiger partial charge is 0.459 e. The van der Waals surface area contributed by atoms with Crippen LogP contribution in [0, 0.1) is 0 Å². The molecule has 2 rings (SSSR count). The lowest BCUT2D eigenvalue weighted by molar-refractivity contribution is -0.159. The van der Waals surface area contributed by atoms with Crippen molar-refractivity contribution in [3.05, 3.63) is 82.2 Å². The van der Waals surface area contributed by atoms with Crippen LogP contribution in [0.3, 0.4) is 0 Å². The van der Waals surface area contributed by atoms with Gasteiger partial charge in [0.05, 0.1) is 18.2 Å². The molecule has 0 bridgehead atoms. The molecule has 198 valence electrons. The summed E-state index contributed by atoms with van der Waals surface area (Å²) in [6.45, 7) is -0.104. The molecule has 2 aromatic carbocycles. The van der Waals surface area contributed by atoms with Crippen molar-refractivity contribution in [2.24, 2.45) is 5.11 Å². The van der Waals surface area contributed by atoms with Gasteiger partial charge in [-0.05, 0) is 23.2 Å². The fourth-order valence-electron chi connectivity index (χ4n) is 3.64. The summed E-state index contributed by atoms with van der Waals surface area (Å²) in [4.78, 5) is 41.8. The topological polar surface area (TPSA) is 160 Å². The Morgan fingerprint density at radius 3 is 2.22 bits per heavy atom. The summed E-state index contributed by atoms with van der Waals surface area (Å²) in [6.07, 6.45) is -2.33. The van der Waals surface area contributed by atoms with Crippen molar-refractivity contribution in [2.45, 2.75) is 31.2 Å². The van der Waals surface area contributed by atoms with Crippen LogP contribution in [0.15, 0.2) is 65.8 Å². The summed E-state index contributed by atoms with van der Waals surface area (Å²) in [5, 5.41) is 13.6. The number of azide groups is 1. The van der Waals surface area contributed by atoms with Gasteiger partial charge in [0.15, 0.2) is 0 Å². The smallest absolute Gasteiger partial charge is 0.338 e. The van der Waals surface area contributed by atoms with Crippen LogP contribution in [0.25, 0.3) is 10.4 Å². The maximum absolute atomic E-state index is 13.7. The maximum atomic E-state index is 13.7. The molecular weight excluding hydrogens is 484 g/mol. The molecule has 0 fully saturated rings. The Morgan fingerprint density at radius 1 is 1.05 bits per heavy atom. The highest BCUT2D eigenvalue weighted by molar-refractivity contribution is 5.89. The summed E-state index contributed by atoms with van der Waals surface area (Å²) >= 11 is 0. The molecule has 37 heavy (non-hydrogen) atoms. The zero-order chi connectivity index (χ0) is 27.2. The average Bonchev–Trinajstić information content (AvgIpc) is 2.92. The second-order valence-corrected chi connectivity index (χ2v) is 7.86. The number of benzene rings is 2. The molecule has 1 N–H and O–H groups in total. The van der Waals surface area contributed by atoms with Crippen LogP contribution in [0.4, 0.5) is 0 Å². The number of amides is 1. The molecule has 0 aliphatic rings. The first-order valence-electron chi connectivity index (χ1n) is 11.3. The predicted molar refractivity (Wildman–Crippen MR) is 131 cm³/mol. The lowest BCUT2D eigenvalue weighted by Crippen LogP contribution is -2.49. The fraction of sp³-hybridized carbons (Fsp3) is 0.400. The van der Waals surface area contributed by atoms with Crippen LogP contribution < -0.4 is 0 Å². The number of aliphatic hydroxyl groups excluding tert-OH is 1. The van der Waals surface area contributed by atoms with Gasteiger partial charge >= 0.3 is 11.9 Å². The SMILES string of the molecule is COCO[C@H](COC(=O)c1ccccc1)[C@H](N=[N+]=[N-])C(=O)N(C)[C@H](c1ccccc1)[C@H](CO)OC(C)=O. The van der Waals surface area contributed by atoms with Gasteiger partial charge in [0.1, 0.15) is 31.6 Å². The van der Waals surface area contributed by atoms with Crippen molar-refractivity contribution in [3.63, 3.8) is 0 Å². The number of hydrogen-bond acceptors (Lipinski definition) is 9. The van der Waals surface area contributed by atoms with Crippen molar-refractivity contribution in [2.75, 3.05) is 34.2 Å². The van der Waals surface area contributed by atoms with Gasteiger partial charge in [-0.15, -0.1) is 0 Å². The molecule has 0 aromatic heterocycles.